The zero-order chi connectivity index (χ0) is 20.9. The third-order valence-electron chi connectivity index (χ3n) is 5.16. The number of carbonyl (C=O) groups is 1. The van der Waals surface area contributed by atoms with Crippen molar-refractivity contribution in [1.82, 2.24) is 0 Å². The second-order valence-electron chi connectivity index (χ2n) is 8.51. The molecule has 28 heavy (non-hydrogen) atoms. The number of aryl methyl sites for hydroxylation is 1. The number of benzene rings is 2. The maximum atomic E-state index is 11.5. The molecule has 2 rings (SSSR count). The van der Waals surface area contributed by atoms with Gasteiger partial charge in [-0.2, -0.15) is 0 Å². The van der Waals surface area contributed by atoms with E-state index in [1.54, 1.807) is 7.11 Å². The number of ether oxygens (including phenoxy) is 2. The molecule has 0 amide bonds. The summed E-state index contributed by atoms with van der Waals surface area (Å²) in [6.07, 6.45) is 1.90. The topological polar surface area (TPSA) is 35.5 Å². The Morgan fingerprint density at radius 2 is 1.71 bits per heavy atom. The lowest BCUT2D eigenvalue weighted by atomic mass is 9.81. The number of hydrogen-bond donors (Lipinski definition) is 0. The molecular formula is C24H33O3P. The lowest BCUT2D eigenvalue weighted by molar-refractivity contribution is 0.0487. The van der Waals surface area contributed by atoms with Crippen molar-refractivity contribution >= 4 is 20.2 Å². The Bertz CT molecular complexity index is 823. The van der Waals surface area contributed by atoms with Crippen LogP contribution in [0.1, 0.15) is 68.1 Å². The summed E-state index contributed by atoms with van der Waals surface area (Å²) in [5.74, 6) is 0.917. The third kappa shape index (κ3) is 5.01. The molecule has 0 aromatic heterocycles. The molecule has 0 bridgehead atoms. The number of methoxy groups -OCH3 is 1. The SMILES string of the molecule is CCC(C)(Pc1ccccc1C=O)c1cc(C)cc(C(C)(C)C)c1OCOC. The fraction of sp³-hybridized carbons (Fsp3) is 0.458. The smallest absolute Gasteiger partial charge is 0.188 e. The minimum atomic E-state index is -0.145. The highest BCUT2D eigenvalue weighted by molar-refractivity contribution is 7.48. The van der Waals surface area contributed by atoms with Gasteiger partial charge in [0.25, 0.3) is 0 Å². The number of aldehydes is 1. The summed E-state index contributed by atoms with van der Waals surface area (Å²) in [4.78, 5) is 11.5. The molecule has 152 valence electrons. The Balaban J connectivity index is 2.66. The molecule has 0 saturated heterocycles. The Morgan fingerprint density at radius 3 is 2.29 bits per heavy atom. The Hall–Kier alpha value is -1.70. The summed E-state index contributed by atoms with van der Waals surface area (Å²) in [5.41, 5.74) is 4.31. The van der Waals surface area contributed by atoms with Crippen LogP contribution in [0.25, 0.3) is 0 Å². The monoisotopic (exact) mass is 400 g/mol. The standard InChI is InChI=1S/C24H33O3P/c1-8-24(6,28-21-12-10-9-11-18(21)15-25)20-14-17(2)13-19(23(3,4)5)22(20)27-16-26-7/h9-15,28H,8,16H2,1-7H3. The van der Waals surface area contributed by atoms with Crippen LogP contribution in [0, 0.1) is 6.92 Å². The van der Waals surface area contributed by atoms with E-state index in [0.29, 0.717) is 8.58 Å². The van der Waals surface area contributed by atoms with Crippen molar-refractivity contribution in [2.24, 2.45) is 0 Å². The summed E-state index contributed by atoms with van der Waals surface area (Å²) < 4.78 is 11.4. The lowest BCUT2D eigenvalue weighted by Gasteiger charge is -2.34. The minimum absolute atomic E-state index is 0.0533. The van der Waals surface area contributed by atoms with E-state index >= 15 is 0 Å². The first kappa shape index (κ1) is 22.6. The van der Waals surface area contributed by atoms with Gasteiger partial charge in [0.2, 0.25) is 0 Å². The highest BCUT2D eigenvalue weighted by Gasteiger charge is 2.33. The van der Waals surface area contributed by atoms with E-state index in [1.807, 2.05) is 18.2 Å². The van der Waals surface area contributed by atoms with Gasteiger partial charge in [0.05, 0.1) is 0 Å². The van der Waals surface area contributed by atoms with Gasteiger partial charge < -0.3 is 9.47 Å². The molecule has 2 atom stereocenters. The predicted molar refractivity (Wildman–Crippen MR) is 120 cm³/mol. The van der Waals surface area contributed by atoms with E-state index in [2.05, 4.69) is 59.7 Å². The number of rotatable bonds is 8. The second kappa shape index (κ2) is 9.20. The summed E-state index contributed by atoms with van der Waals surface area (Å²) >= 11 is 0. The first-order valence-corrected chi connectivity index (χ1v) is 10.8. The molecule has 0 aliphatic carbocycles. The van der Waals surface area contributed by atoms with Gasteiger partial charge in [-0.15, -0.1) is 0 Å². The molecule has 0 aliphatic rings. The number of carbonyl (C=O) groups excluding carboxylic acids is 1. The van der Waals surface area contributed by atoms with Gasteiger partial charge in [-0.25, -0.2) is 0 Å². The molecule has 0 saturated carbocycles. The summed E-state index contributed by atoms with van der Waals surface area (Å²) in [6.45, 7) is 13.4. The molecule has 0 aliphatic heterocycles. The van der Waals surface area contributed by atoms with Crippen LogP contribution in [-0.2, 0) is 15.3 Å². The van der Waals surface area contributed by atoms with Crippen LogP contribution in [0.5, 0.6) is 5.75 Å². The molecule has 4 heteroatoms. The first-order chi connectivity index (χ1) is 13.2. The lowest BCUT2D eigenvalue weighted by Crippen LogP contribution is -2.24. The van der Waals surface area contributed by atoms with Crippen molar-refractivity contribution in [3.05, 3.63) is 58.7 Å². The zero-order valence-electron chi connectivity index (χ0n) is 18.2. The summed E-state index contributed by atoms with van der Waals surface area (Å²) in [5, 5.41) is 0.951. The first-order valence-electron chi connectivity index (χ1n) is 9.76. The molecule has 0 radical (unpaired) electrons. The number of hydrogen-bond acceptors (Lipinski definition) is 3. The van der Waals surface area contributed by atoms with Crippen LogP contribution in [0.3, 0.4) is 0 Å². The van der Waals surface area contributed by atoms with Crippen molar-refractivity contribution in [2.75, 3.05) is 13.9 Å². The highest BCUT2D eigenvalue weighted by atomic mass is 31.1. The van der Waals surface area contributed by atoms with Crippen LogP contribution in [-0.4, -0.2) is 20.2 Å². The second-order valence-corrected chi connectivity index (χ2v) is 10.4. The molecule has 2 unspecified atom stereocenters. The fourth-order valence-electron chi connectivity index (χ4n) is 3.37. The Morgan fingerprint density at radius 1 is 1.07 bits per heavy atom. The summed E-state index contributed by atoms with van der Waals surface area (Å²) in [6, 6.07) is 12.3. The predicted octanol–water partition coefficient (Wildman–Crippen LogP) is 5.72. The molecule has 0 N–H and O–H groups in total. The quantitative estimate of drug-likeness (QED) is 0.323. The van der Waals surface area contributed by atoms with Crippen LogP contribution >= 0.6 is 8.58 Å². The van der Waals surface area contributed by atoms with E-state index < -0.39 is 0 Å². The van der Waals surface area contributed by atoms with Gasteiger partial charge in [0, 0.05) is 29.0 Å². The van der Waals surface area contributed by atoms with Gasteiger partial charge in [-0.3, -0.25) is 4.79 Å². The molecule has 2 aromatic rings. The van der Waals surface area contributed by atoms with Gasteiger partial charge in [0.15, 0.2) is 13.1 Å². The average molecular weight is 400 g/mol. The van der Waals surface area contributed by atoms with Crippen molar-refractivity contribution in [1.29, 1.82) is 0 Å². The van der Waals surface area contributed by atoms with Gasteiger partial charge in [-0.05, 0) is 24.1 Å². The highest BCUT2D eigenvalue weighted by Crippen LogP contribution is 2.50. The maximum absolute atomic E-state index is 11.5. The summed E-state index contributed by atoms with van der Waals surface area (Å²) in [7, 11) is 2.10. The third-order valence-corrected chi connectivity index (χ3v) is 7.06. The van der Waals surface area contributed by atoms with E-state index in [-0.39, 0.29) is 17.4 Å². The van der Waals surface area contributed by atoms with Crippen molar-refractivity contribution < 1.29 is 14.3 Å². The molecule has 2 aromatic carbocycles. The van der Waals surface area contributed by atoms with E-state index in [4.69, 9.17) is 9.47 Å². The minimum Gasteiger partial charge on any atom is -0.467 e. The van der Waals surface area contributed by atoms with E-state index in [0.717, 1.165) is 29.3 Å². The van der Waals surface area contributed by atoms with E-state index in [1.165, 1.54) is 16.7 Å². The average Bonchev–Trinajstić information content (AvgIpc) is 2.66. The van der Waals surface area contributed by atoms with Crippen molar-refractivity contribution in [2.45, 2.75) is 58.5 Å². The van der Waals surface area contributed by atoms with Gasteiger partial charge >= 0.3 is 0 Å². The van der Waals surface area contributed by atoms with Crippen molar-refractivity contribution in [3.8, 4) is 5.75 Å². The van der Waals surface area contributed by atoms with Crippen molar-refractivity contribution in [3.63, 3.8) is 0 Å². The van der Waals surface area contributed by atoms with Crippen LogP contribution in [0.2, 0.25) is 0 Å². The molecule has 0 spiro atoms. The Kier molecular flexibility index (Phi) is 7.42. The van der Waals surface area contributed by atoms with Crippen LogP contribution in [0.15, 0.2) is 36.4 Å². The van der Waals surface area contributed by atoms with Crippen LogP contribution in [0.4, 0.5) is 0 Å². The zero-order valence-corrected chi connectivity index (χ0v) is 19.2. The van der Waals surface area contributed by atoms with Gasteiger partial charge in [0.1, 0.15) is 5.75 Å². The molecular weight excluding hydrogens is 367 g/mol. The largest absolute Gasteiger partial charge is 0.467 e. The fourth-order valence-corrected chi connectivity index (χ4v) is 4.93. The van der Waals surface area contributed by atoms with Crippen LogP contribution < -0.4 is 10.0 Å². The van der Waals surface area contributed by atoms with Gasteiger partial charge in [-0.1, -0.05) is 85.2 Å². The Labute approximate surface area is 171 Å². The van der Waals surface area contributed by atoms with E-state index in [9.17, 15) is 4.79 Å². The normalized spacial score (nSPS) is 14.2. The maximum Gasteiger partial charge on any atom is 0.188 e. The molecule has 0 heterocycles. The molecule has 3 nitrogen and oxygen atoms in total. The molecule has 0 fully saturated rings.